The fourth-order valence-corrected chi connectivity index (χ4v) is 5.75. The third-order valence-electron chi connectivity index (χ3n) is 7.09. The van der Waals surface area contributed by atoms with Crippen molar-refractivity contribution in [1.29, 1.82) is 0 Å². The number of halogens is 1. The van der Waals surface area contributed by atoms with Crippen molar-refractivity contribution in [2.45, 2.75) is 18.9 Å². The zero-order valence-corrected chi connectivity index (χ0v) is 21.0. The van der Waals surface area contributed by atoms with Gasteiger partial charge in [0.25, 0.3) is 5.91 Å². The van der Waals surface area contributed by atoms with E-state index in [1.165, 1.54) is 0 Å². The molecular weight excluding hydrogens is 482 g/mol. The Kier molecular flexibility index (Phi) is 5.90. The average Bonchev–Trinajstić information content (AvgIpc) is 3.42. The number of hydrogen-bond acceptors (Lipinski definition) is 3. The Labute approximate surface area is 220 Å². The molecule has 4 nitrogen and oxygen atoms in total. The first kappa shape index (κ1) is 23.3. The SMILES string of the molecule is CCOC(=O)C1C(c2ccccc2)=C(C2c3ccccc3C(=O)N2c2ccc(Cl)cc2)c2ccccc21. The largest absolute Gasteiger partial charge is 0.465 e. The molecule has 2 unspecified atom stereocenters. The fourth-order valence-electron chi connectivity index (χ4n) is 5.62. The lowest BCUT2D eigenvalue weighted by Crippen LogP contribution is -2.28. The van der Waals surface area contributed by atoms with Gasteiger partial charge >= 0.3 is 5.97 Å². The molecule has 0 saturated heterocycles. The molecule has 1 aliphatic carbocycles. The van der Waals surface area contributed by atoms with Gasteiger partial charge in [0, 0.05) is 16.3 Å². The molecular formula is C32H24ClNO3. The Morgan fingerprint density at radius 2 is 1.41 bits per heavy atom. The summed E-state index contributed by atoms with van der Waals surface area (Å²) in [5.74, 6) is -0.970. The molecule has 37 heavy (non-hydrogen) atoms. The maximum Gasteiger partial charge on any atom is 0.317 e. The van der Waals surface area contributed by atoms with Gasteiger partial charge in [0.2, 0.25) is 0 Å². The van der Waals surface area contributed by atoms with Crippen molar-refractivity contribution in [3.8, 4) is 0 Å². The van der Waals surface area contributed by atoms with Crippen LogP contribution in [0, 0.1) is 0 Å². The molecule has 0 spiro atoms. The van der Waals surface area contributed by atoms with Gasteiger partial charge in [0.15, 0.2) is 0 Å². The highest BCUT2D eigenvalue weighted by atomic mass is 35.5. The molecule has 2 atom stereocenters. The molecule has 2 aliphatic rings. The molecule has 1 aliphatic heterocycles. The molecule has 1 amide bonds. The Bertz CT molecular complexity index is 1540. The third kappa shape index (κ3) is 3.76. The van der Waals surface area contributed by atoms with E-state index in [-0.39, 0.29) is 18.5 Å². The van der Waals surface area contributed by atoms with Gasteiger partial charge in [0.1, 0.15) is 5.92 Å². The van der Waals surface area contributed by atoms with E-state index >= 15 is 0 Å². The first-order valence-corrected chi connectivity index (χ1v) is 12.7. The summed E-state index contributed by atoms with van der Waals surface area (Å²) in [6, 6.07) is 32.5. The number of amides is 1. The highest BCUT2D eigenvalue weighted by Gasteiger charge is 2.47. The van der Waals surface area contributed by atoms with Crippen molar-refractivity contribution < 1.29 is 14.3 Å². The number of fused-ring (bicyclic) bond motifs is 2. The number of hydrogen-bond donors (Lipinski definition) is 0. The van der Waals surface area contributed by atoms with Crippen LogP contribution >= 0.6 is 11.6 Å². The van der Waals surface area contributed by atoms with Crippen molar-refractivity contribution >= 4 is 40.3 Å². The van der Waals surface area contributed by atoms with Crippen LogP contribution in [0.25, 0.3) is 11.1 Å². The minimum atomic E-state index is -0.594. The molecule has 4 aromatic carbocycles. The number of nitrogens with zero attached hydrogens (tertiary/aromatic N) is 1. The van der Waals surface area contributed by atoms with Crippen LogP contribution < -0.4 is 4.90 Å². The van der Waals surface area contributed by atoms with E-state index < -0.39 is 12.0 Å². The van der Waals surface area contributed by atoms with E-state index in [0.29, 0.717) is 10.6 Å². The molecule has 0 N–H and O–H groups in total. The molecule has 5 heteroatoms. The van der Waals surface area contributed by atoms with Crippen LogP contribution in [0.15, 0.2) is 103 Å². The van der Waals surface area contributed by atoms with Crippen molar-refractivity contribution in [3.05, 3.63) is 136 Å². The summed E-state index contributed by atoms with van der Waals surface area (Å²) >= 11 is 6.20. The first-order valence-electron chi connectivity index (χ1n) is 12.3. The lowest BCUT2D eigenvalue weighted by molar-refractivity contribution is -0.143. The topological polar surface area (TPSA) is 46.6 Å². The fraction of sp³-hybridized carbons (Fsp3) is 0.125. The van der Waals surface area contributed by atoms with E-state index in [2.05, 4.69) is 0 Å². The number of anilines is 1. The highest BCUT2D eigenvalue weighted by molar-refractivity contribution is 6.30. The molecule has 0 bridgehead atoms. The van der Waals surface area contributed by atoms with E-state index in [0.717, 1.165) is 39.1 Å². The second-order valence-corrected chi connectivity index (χ2v) is 9.54. The molecule has 0 aromatic heterocycles. The summed E-state index contributed by atoms with van der Waals surface area (Å²) in [5.41, 5.74) is 6.88. The van der Waals surface area contributed by atoms with Gasteiger partial charge < -0.3 is 4.74 Å². The smallest absolute Gasteiger partial charge is 0.317 e. The summed E-state index contributed by atoms with van der Waals surface area (Å²) < 4.78 is 5.59. The van der Waals surface area contributed by atoms with Gasteiger partial charge in [-0.2, -0.15) is 0 Å². The maximum absolute atomic E-state index is 13.9. The van der Waals surface area contributed by atoms with E-state index in [4.69, 9.17) is 16.3 Å². The lowest BCUT2D eigenvalue weighted by Gasteiger charge is -2.29. The first-order chi connectivity index (χ1) is 18.1. The number of rotatable bonds is 5. The lowest BCUT2D eigenvalue weighted by atomic mass is 9.87. The number of carbonyl (C=O) groups excluding carboxylic acids is 2. The standard InChI is InChI=1S/C32H24ClNO3/c1-2-37-32(36)29-24-13-7-6-12-23(24)28(27(29)20-10-4-3-5-11-20)30-25-14-8-9-15-26(25)31(35)34(30)22-18-16-21(33)17-19-22/h3-19,29-30H,2H2,1H3. The highest BCUT2D eigenvalue weighted by Crippen LogP contribution is 2.56. The Balaban J connectivity index is 1.68. The van der Waals surface area contributed by atoms with Gasteiger partial charge in [-0.25, -0.2) is 0 Å². The van der Waals surface area contributed by atoms with Gasteiger partial charge in [0.05, 0.1) is 12.6 Å². The van der Waals surface area contributed by atoms with Crippen LogP contribution in [0.2, 0.25) is 5.02 Å². The molecule has 4 aromatic rings. The Morgan fingerprint density at radius 1 is 0.784 bits per heavy atom. The monoisotopic (exact) mass is 505 g/mol. The third-order valence-corrected chi connectivity index (χ3v) is 7.34. The van der Waals surface area contributed by atoms with Gasteiger partial charge in [-0.1, -0.05) is 84.4 Å². The van der Waals surface area contributed by atoms with Crippen LogP contribution in [0.3, 0.4) is 0 Å². The molecule has 182 valence electrons. The van der Waals surface area contributed by atoms with E-state index in [1.54, 1.807) is 12.1 Å². The van der Waals surface area contributed by atoms with Crippen LogP contribution in [-0.4, -0.2) is 18.5 Å². The number of carbonyl (C=O) groups is 2. The zero-order chi connectivity index (χ0) is 25.5. The molecule has 1 heterocycles. The second-order valence-electron chi connectivity index (χ2n) is 9.11. The normalized spacial score (nSPS) is 18.1. The Hall–Kier alpha value is -4.15. The van der Waals surface area contributed by atoms with Crippen molar-refractivity contribution in [2.75, 3.05) is 11.5 Å². The summed E-state index contributed by atoms with van der Waals surface area (Å²) in [5, 5.41) is 0.599. The summed E-state index contributed by atoms with van der Waals surface area (Å²) in [7, 11) is 0. The second kappa shape index (κ2) is 9.38. The summed E-state index contributed by atoms with van der Waals surface area (Å²) in [6.45, 7) is 2.11. The average molecular weight is 506 g/mol. The zero-order valence-electron chi connectivity index (χ0n) is 20.2. The number of ether oxygens (including phenoxy) is 1. The molecule has 0 radical (unpaired) electrons. The van der Waals surface area contributed by atoms with Crippen molar-refractivity contribution in [3.63, 3.8) is 0 Å². The molecule has 6 rings (SSSR count). The summed E-state index contributed by atoms with van der Waals surface area (Å²) in [4.78, 5) is 29.2. The minimum absolute atomic E-state index is 0.0834. The quantitative estimate of drug-likeness (QED) is 0.267. The summed E-state index contributed by atoms with van der Waals surface area (Å²) in [6.07, 6.45) is 0. The van der Waals surface area contributed by atoms with E-state index in [9.17, 15) is 9.59 Å². The van der Waals surface area contributed by atoms with Crippen LogP contribution in [0.5, 0.6) is 0 Å². The van der Waals surface area contributed by atoms with Gasteiger partial charge in [-0.05, 0) is 70.7 Å². The number of benzene rings is 4. The predicted octanol–water partition coefficient (Wildman–Crippen LogP) is 7.31. The van der Waals surface area contributed by atoms with Crippen LogP contribution in [0.1, 0.15) is 51.5 Å². The maximum atomic E-state index is 13.9. The predicted molar refractivity (Wildman–Crippen MR) is 147 cm³/mol. The minimum Gasteiger partial charge on any atom is -0.465 e. The molecule has 0 fully saturated rings. The van der Waals surface area contributed by atoms with Crippen LogP contribution in [0.4, 0.5) is 5.69 Å². The van der Waals surface area contributed by atoms with Crippen LogP contribution in [-0.2, 0) is 9.53 Å². The van der Waals surface area contributed by atoms with Crippen molar-refractivity contribution in [2.24, 2.45) is 0 Å². The number of esters is 1. The van der Waals surface area contributed by atoms with Gasteiger partial charge in [-0.3, -0.25) is 14.5 Å². The van der Waals surface area contributed by atoms with Crippen molar-refractivity contribution in [1.82, 2.24) is 0 Å². The van der Waals surface area contributed by atoms with E-state index in [1.807, 2.05) is 103 Å². The molecule has 0 saturated carbocycles. The Morgan fingerprint density at radius 3 is 2.11 bits per heavy atom. The van der Waals surface area contributed by atoms with Gasteiger partial charge in [-0.15, -0.1) is 0 Å².